The molecule has 0 saturated heterocycles. The van der Waals surface area contributed by atoms with Crippen LogP contribution < -0.4 is 26.1 Å². The molecule has 0 aliphatic rings. The quantitative estimate of drug-likeness (QED) is 0.212. The SMILES string of the molecule is COc1ccc(-c2cc(C(=O)NCC(C)OCCC(C)(C)C(=O)NN)c3ccccc3n2)cc1OC. The molecule has 192 valence electrons. The summed E-state index contributed by atoms with van der Waals surface area (Å²) in [4.78, 5) is 29.8. The lowest BCUT2D eigenvalue weighted by molar-refractivity contribution is -0.130. The molecule has 9 nitrogen and oxygen atoms in total. The molecule has 0 radical (unpaired) electrons. The van der Waals surface area contributed by atoms with Crippen LogP contribution >= 0.6 is 0 Å². The van der Waals surface area contributed by atoms with E-state index in [0.717, 1.165) is 10.9 Å². The molecular formula is C27H34N4O5. The van der Waals surface area contributed by atoms with Gasteiger partial charge in [0.1, 0.15) is 0 Å². The Kier molecular flexibility index (Phi) is 8.84. The number of ether oxygens (including phenoxy) is 3. The maximum atomic E-state index is 13.2. The number of hydrogen-bond donors (Lipinski definition) is 3. The number of nitrogens with two attached hydrogens (primary N) is 1. The van der Waals surface area contributed by atoms with E-state index in [2.05, 4.69) is 10.7 Å². The number of carbonyl (C=O) groups excluding carboxylic acids is 2. The lowest BCUT2D eigenvalue weighted by Crippen LogP contribution is -2.41. The van der Waals surface area contributed by atoms with Crippen molar-refractivity contribution in [2.75, 3.05) is 27.4 Å². The molecule has 2 amide bonds. The fourth-order valence-electron chi connectivity index (χ4n) is 3.72. The summed E-state index contributed by atoms with van der Waals surface area (Å²) in [5.41, 5.74) is 4.19. The van der Waals surface area contributed by atoms with Gasteiger partial charge in [-0.15, -0.1) is 0 Å². The van der Waals surface area contributed by atoms with Crippen LogP contribution in [0.5, 0.6) is 11.5 Å². The molecule has 1 atom stereocenters. The van der Waals surface area contributed by atoms with Crippen molar-refractivity contribution in [3.8, 4) is 22.8 Å². The number of benzene rings is 2. The molecule has 9 heteroatoms. The fourth-order valence-corrected chi connectivity index (χ4v) is 3.72. The number of nitrogens with one attached hydrogen (secondary N) is 2. The number of methoxy groups -OCH3 is 2. The average Bonchev–Trinajstić information content (AvgIpc) is 2.89. The minimum atomic E-state index is -0.645. The third-order valence-corrected chi connectivity index (χ3v) is 6.07. The van der Waals surface area contributed by atoms with E-state index in [0.29, 0.717) is 47.8 Å². The van der Waals surface area contributed by atoms with Gasteiger partial charge in [0.25, 0.3) is 5.91 Å². The lowest BCUT2D eigenvalue weighted by Gasteiger charge is -2.23. The highest BCUT2D eigenvalue weighted by Gasteiger charge is 2.26. The molecule has 0 fully saturated rings. The van der Waals surface area contributed by atoms with Gasteiger partial charge in [-0.3, -0.25) is 15.0 Å². The van der Waals surface area contributed by atoms with E-state index in [1.165, 1.54) is 0 Å². The molecule has 0 saturated carbocycles. The Morgan fingerprint density at radius 3 is 2.47 bits per heavy atom. The maximum absolute atomic E-state index is 13.2. The topological polar surface area (TPSA) is 125 Å². The van der Waals surface area contributed by atoms with Crippen molar-refractivity contribution in [1.82, 2.24) is 15.7 Å². The molecule has 1 aromatic heterocycles. The van der Waals surface area contributed by atoms with Gasteiger partial charge in [0.15, 0.2) is 11.5 Å². The number of carbonyl (C=O) groups is 2. The molecule has 3 aromatic rings. The number of fused-ring (bicyclic) bond motifs is 1. The largest absolute Gasteiger partial charge is 0.493 e. The minimum Gasteiger partial charge on any atom is -0.493 e. The van der Waals surface area contributed by atoms with Crippen LogP contribution in [0, 0.1) is 5.41 Å². The Morgan fingerprint density at radius 1 is 1.06 bits per heavy atom. The zero-order valence-electron chi connectivity index (χ0n) is 21.4. The van der Waals surface area contributed by atoms with Crippen LogP contribution in [0.3, 0.4) is 0 Å². The van der Waals surface area contributed by atoms with Crippen LogP contribution in [0.2, 0.25) is 0 Å². The predicted molar refractivity (Wildman–Crippen MR) is 139 cm³/mol. The molecule has 1 heterocycles. The Labute approximate surface area is 211 Å². The molecule has 0 aliphatic carbocycles. The zero-order valence-corrected chi connectivity index (χ0v) is 21.4. The number of para-hydroxylation sites is 1. The molecular weight excluding hydrogens is 460 g/mol. The summed E-state index contributed by atoms with van der Waals surface area (Å²) >= 11 is 0. The van der Waals surface area contributed by atoms with Crippen LogP contribution in [0.25, 0.3) is 22.2 Å². The van der Waals surface area contributed by atoms with E-state index >= 15 is 0 Å². The number of aromatic nitrogens is 1. The monoisotopic (exact) mass is 494 g/mol. The van der Waals surface area contributed by atoms with Crippen molar-refractivity contribution in [3.05, 3.63) is 54.1 Å². The molecule has 0 bridgehead atoms. The first-order valence-corrected chi connectivity index (χ1v) is 11.7. The molecule has 0 spiro atoms. The summed E-state index contributed by atoms with van der Waals surface area (Å²) in [6.45, 7) is 6.14. The second-order valence-corrected chi connectivity index (χ2v) is 9.14. The smallest absolute Gasteiger partial charge is 0.252 e. The Hall–Kier alpha value is -3.69. The minimum absolute atomic E-state index is 0.228. The maximum Gasteiger partial charge on any atom is 0.252 e. The van der Waals surface area contributed by atoms with Crippen LogP contribution in [0.1, 0.15) is 37.6 Å². The van der Waals surface area contributed by atoms with E-state index in [1.54, 1.807) is 34.1 Å². The second kappa shape index (κ2) is 11.8. The van der Waals surface area contributed by atoms with Gasteiger partial charge in [-0.25, -0.2) is 10.8 Å². The van der Waals surface area contributed by atoms with Crippen LogP contribution in [-0.4, -0.2) is 50.3 Å². The summed E-state index contributed by atoms with van der Waals surface area (Å²) in [5.74, 6) is 5.95. The first kappa shape index (κ1) is 26.9. The molecule has 3 rings (SSSR count). The fraction of sp³-hybridized carbons (Fsp3) is 0.370. The number of hydrogen-bond acceptors (Lipinski definition) is 7. The van der Waals surface area contributed by atoms with E-state index in [1.807, 2.05) is 49.4 Å². The van der Waals surface area contributed by atoms with Crippen molar-refractivity contribution in [2.24, 2.45) is 11.3 Å². The van der Waals surface area contributed by atoms with Crippen molar-refractivity contribution in [3.63, 3.8) is 0 Å². The molecule has 2 aromatic carbocycles. The lowest BCUT2D eigenvalue weighted by atomic mass is 9.89. The summed E-state index contributed by atoms with van der Waals surface area (Å²) < 4.78 is 16.6. The van der Waals surface area contributed by atoms with Gasteiger partial charge >= 0.3 is 0 Å². The van der Waals surface area contributed by atoms with E-state index in [-0.39, 0.29) is 17.9 Å². The van der Waals surface area contributed by atoms with Gasteiger partial charge < -0.3 is 19.5 Å². The van der Waals surface area contributed by atoms with Gasteiger partial charge in [-0.05, 0) is 43.7 Å². The van der Waals surface area contributed by atoms with Crippen LogP contribution in [-0.2, 0) is 9.53 Å². The summed E-state index contributed by atoms with van der Waals surface area (Å²) in [6, 6.07) is 14.8. The van der Waals surface area contributed by atoms with Crippen LogP contribution in [0.15, 0.2) is 48.5 Å². The highest BCUT2D eigenvalue weighted by atomic mass is 16.5. The highest BCUT2D eigenvalue weighted by Crippen LogP contribution is 2.33. The Bertz CT molecular complexity index is 1230. The molecule has 4 N–H and O–H groups in total. The van der Waals surface area contributed by atoms with E-state index in [4.69, 9.17) is 25.0 Å². The van der Waals surface area contributed by atoms with Crippen molar-refractivity contribution >= 4 is 22.7 Å². The van der Waals surface area contributed by atoms with Gasteiger partial charge in [0.2, 0.25) is 5.91 Å². The third kappa shape index (κ3) is 6.30. The van der Waals surface area contributed by atoms with Gasteiger partial charge in [0.05, 0.1) is 37.1 Å². The van der Waals surface area contributed by atoms with Crippen molar-refractivity contribution in [2.45, 2.75) is 33.3 Å². The highest BCUT2D eigenvalue weighted by molar-refractivity contribution is 6.07. The Balaban J connectivity index is 1.75. The number of hydrazine groups is 1. The Morgan fingerprint density at radius 2 is 1.78 bits per heavy atom. The number of amides is 2. The number of nitrogens with zero attached hydrogens (tertiary/aromatic N) is 1. The second-order valence-electron chi connectivity index (χ2n) is 9.14. The summed E-state index contributed by atoms with van der Waals surface area (Å²) in [6.07, 6.45) is 0.252. The number of rotatable bonds is 11. The van der Waals surface area contributed by atoms with Crippen molar-refractivity contribution in [1.29, 1.82) is 0 Å². The first-order valence-electron chi connectivity index (χ1n) is 11.7. The normalized spacial score (nSPS) is 12.2. The third-order valence-electron chi connectivity index (χ3n) is 6.07. The van der Waals surface area contributed by atoms with Crippen molar-refractivity contribution < 1.29 is 23.8 Å². The summed E-state index contributed by atoms with van der Waals surface area (Å²) in [7, 11) is 3.16. The molecule has 1 unspecified atom stereocenters. The standard InChI is InChI=1S/C27H34N4O5/c1-17(36-13-12-27(2,3)26(33)31-28)16-29-25(32)20-15-22(30-21-9-7-6-8-19(20)21)18-10-11-23(34-4)24(14-18)35-5/h6-11,14-15,17H,12-13,16,28H2,1-5H3,(H,29,32)(H,31,33). The first-order chi connectivity index (χ1) is 17.2. The molecule has 0 aliphatic heterocycles. The predicted octanol–water partition coefficient (Wildman–Crippen LogP) is 3.46. The number of pyridine rings is 1. The summed E-state index contributed by atoms with van der Waals surface area (Å²) in [5, 5.41) is 3.71. The van der Waals surface area contributed by atoms with Crippen LogP contribution in [0.4, 0.5) is 0 Å². The van der Waals surface area contributed by atoms with Gasteiger partial charge in [0, 0.05) is 29.5 Å². The van der Waals surface area contributed by atoms with Gasteiger partial charge in [-0.2, -0.15) is 0 Å². The molecule has 36 heavy (non-hydrogen) atoms. The van der Waals surface area contributed by atoms with Gasteiger partial charge in [-0.1, -0.05) is 32.0 Å². The average molecular weight is 495 g/mol. The van der Waals surface area contributed by atoms with E-state index in [9.17, 15) is 9.59 Å². The zero-order chi connectivity index (χ0) is 26.3. The van der Waals surface area contributed by atoms with E-state index < -0.39 is 5.41 Å².